The van der Waals surface area contributed by atoms with Crippen LogP contribution in [0, 0.1) is 21.7 Å². The van der Waals surface area contributed by atoms with Gasteiger partial charge in [0, 0.05) is 0 Å². The summed E-state index contributed by atoms with van der Waals surface area (Å²) in [6.07, 6.45) is 5.11. The van der Waals surface area contributed by atoms with Gasteiger partial charge in [0.25, 0.3) is 0 Å². The molecule has 1 heteroatoms. The van der Waals surface area contributed by atoms with Gasteiger partial charge in [-0.05, 0) is 52.5 Å². The van der Waals surface area contributed by atoms with E-state index in [1.54, 1.807) is 0 Å². The van der Waals surface area contributed by atoms with Crippen LogP contribution in [0.15, 0.2) is 0 Å². The van der Waals surface area contributed by atoms with Gasteiger partial charge in [0.05, 0.1) is 0 Å². The van der Waals surface area contributed by atoms with Gasteiger partial charge in [-0.2, -0.15) is 0 Å². The molecule has 0 spiro atoms. The van der Waals surface area contributed by atoms with Crippen molar-refractivity contribution < 1.29 is 0 Å². The zero-order chi connectivity index (χ0) is 17.3. The maximum atomic E-state index is 3.18. The summed E-state index contributed by atoms with van der Waals surface area (Å²) in [6.45, 7) is 26.4. The van der Waals surface area contributed by atoms with Gasteiger partial charge in [0.15, 0.2) is 0 Å². The summed E-state index contributed by atoms with van der Waals surface area (Å²) in [6, 6.07) is 0. The third kappa shape index (κ3) is 11.6. The molecule has 0 bridgehead atoms. The Labute approximate surface area is 138 Å². The van der Waals surface area contributed by atoms with Gasteiger partial charge >= 0.3 is 0 Å². The third-order valence-electron chi connectivity index (χ3n) is 3.78. The predicted molar refractivity (Wildman–Crippen MR) is 103 cm³/mol. The van der Waals surface area contributed by atoms with Crippen molar-refractivity contribution in [3.8, 4) is 0 Å². The summed E-state index contributed by atoms with van der Waals surface area (Å²) in [5.74, 6) is 0. The van der Waals surface area contributed by atoms with Crippen molar-refractivity contribution in [1.29, 1.82) is 0 Å². The topological polar surface area (TPSA) is 0 Å². The number of hydrogen-bond donors (Lipinski definition) is 0. The second kappa shape index (κ2) is 6.51. The molecule has 0 aromatic heterocycles. The molecule has 0 saturated carbocycles. The molecule has 1 atom stereocenters. The molecule has 0 aliphatic rings. The van der Waals surface area contributed by atoms with Gasteiger partial charge < -0.3 is 0 Å². The minimum atomic E-state index is 0.323. The minimum absolute atomic E-state index is 0.323. The highest BCUT2D eigenvalue weighted by Gasteiger charge is 2.37. The van der Waals surface area contributed by atoms with Gasteiger partial charge in [-0.15, -0.1) is 9.24 Å². The monoisotopic (exact) mass is 314 g/mol. The number of hydrogen-bond acceptors (Lipinski definition) is 0. The zero-order valence-corrected chi connectivity index (χ0v) is 18.1. The summed E-state index contributed by atoms with van der Waals surface area (Å²) in [5.41, 5.74) is 1.61. The Kier molecular flexibility index (Phi) is 6.64. The summed E-state index contributed by atoms with van der Waals surface area (Å²) in [5, 5.41) is 0.323. The van der Waals surface area contributed by atoms with Crippen LogP contribution in [0.4, 0.5) is 0 Å². The van der Waals surface area contributed by atoms with Gasteiger partial charge in [-0.1, -0.05) is 76.2 Å². The van der Waals surface area contributed by atoms with E-state index in [1.807, 2.05) is 0 Å². The molecule has 0 radical (unpaired) electrons. The molecule has 0 aliphatic carbocycles. The van der Waals surface area contributed by atoms with E-state index in [0.717, 1.165) is 0 Å². The molecule has 0 aromatic rings. The molecule has 0 N–H and O–H groups in total. The molecule has 1 unspecified atom stereocenters. The van der Waals surface area contributed by atoms with Crippen LogP contribution in [0.1, 0.15) is 102 Å². The van der Waals surface area contributed by atoms with Gasteiger partial charge in [0.2, 0.25) is 0 Å². The van der Waals surface area contributed by atoms with Crippen molar-refractivity contribution >= 4 is 9.24 Å². The first kappa shape index (κ1) is 21.4. The molecule has 21 heavy (non-hydrogen) atoms. The molecule has 0 amide bonds. The Bertz CT molecular complexity index is 289. The van der Waals surface area contributed by atoms with Crippen LogP contribution in [0.25, 0.3) is 0 Å². The van der Waals surface area contributed by atoms with Crippen molar-refractivity contribution in [3.63, 3.8) is 0 Å². The highest BCUT2D eigenvalue weighted by Crippen LogP contribution is 2.48. The molecule has 128 valence electrons. The quantitative estimate of drug-likeness (QED) is 0.450. The lowest BCUT2D eigenvalue weighted by molar-refractivity contribution is 0.141. The van der Waals surface area contributed by atoms with Crippen molar-refractivity contribution in [2.75, 3.05) is 0 Å². The van der Waals surface area contributed by atoms with Gasteiger partial charge in [-0.3, -0.25) is 0 Å². The smallest absolute Gasteiger partial charge is 0.0168 e. The molecule has 0 heterocycles. The Hall–Kier alpha value is 0.430. The average molecular weight is 315 g/mol. The fourth-order valence-corrected chi connectivity index (χ4v) is 6.35. The van der Waals surface area contributed by atoms with Crippen molar-refractivity contribution in [2.24, 2.45) is 21.7 Å². The van der Waals surface area contributed by atoms with E-state index in [1.165, 1.54) is 25.7 Å². The molecule has 0 aromatic carbocycles. The molecule has 0 rings (SSSR count). The van der Waals surface area contributed by atoms with E-state index in [4.69, 9.17) is 0 Å². The van der Waals surface area contributed by atoms with E-state index in [2.05, 4.69) is 85.4 Å². The van der Waals surface area contributed by atoms with Crippen LogP contribution in [0.5, 0.6) is 0 Å². The summed E-state index contributed by atoms with van der Waals surface area (Å²) >= 11 is 0. The Balaban J connectivity index is 4.83. The van der Waals surface area contributed by atoms with Crippen LogP contribution in [0.2, 0.25) is 0 Å². The lowest BCUT2D eigenvalue weighted by atomic mass is 9.67. The van der Waals surface area contributed by atoms with Crippen LogP contribution >= 0.6 is 9.24 Å². The molecular formula is C20H43P. The van der Waals surface area contributed by atoms with E-state index < -0.39 is 0 Å². The summed E-state index contributed by atoms with van der Waals surface area (Å²) < 4.78 is 0. The second-order valence-corrected chi connectivity index (χ2v) is 13.2. The zero-order valence-electron chi connectivity index (χ0n) is 16.9. The summed E-state index contributed by atoms with van der Waals surface area (Å²) in [4.78, 5) is 0. The lowest BCUT2D eigenvalue weighted by Crippen LogP contribution is -2.34. The van der Waals surface area contributed by atoms with Crippen LogP contribution in [-0.4, -0.2) is 5.16 Å². The standard InChI is InChI=1S/C20H43P/c1-16(2,3)12-18(7,8)14-20(11,21)15-19(9,10)13-17(4,5)6/h12-15,21H2,1-11H3. The Morgan fingerprint density at radius 1 is 0.476 bits per heavy atom. The molecule has 0 nitrogen and oxygen atoms in total. The van der Waals surface area contributed by atoms with Crippen molar-refractivity contribution in [2.45, 2.75) is 107 Å². The van der Waals surface area contributed by atoms with E-state index >= 15 is 0 Å². The van der Waals surface area contributed by atoms with Crippen LogP contribution < -0.4 is 0 Å². The van der Waals surface area contributed by atoms with E-state index in [0.29, 0.717) is 26.8 Å². The van der Waals surface area contributed by atoms with E-state index in [9.17, 15) is 0 Å². The van der Waals surface area contributed by atoms with Gasteiger partial charge in [0.1, 0.15) is 0 Å². The Morgan fingerprint density at radius 2 is 0.714 bits per heavy atom. The summed E-state index contributed by atoms with van der Waals surface area (Å²) in [7, 11) is 3.18. The third-order valence-corrected chi connectivity index (χ3v) is 4.19. The SMILES string of the molecule is CC(C)(C)CC(C)(C)CC(C)(P)CC(C)(C)CC(C)(C)C. The van der Waals surface area contributed by atoms with Gasteiger partial charge in [-0.25, -0.2) is 0 Å². The number of rotatable bonds is 6. The fraction of sp³-hybridized carbons (Fsp3) is 1.00. The van der Waals surface area contributed by atoms with Crippen molar-refractivity contribution in [1.82, 2.24) is 0 Å². The molecule has 0 fully saturated rings. The van der Waals surface area contributed by atoms with Crippen LogP contribution in [0.3, 0.4) is 0 Å². The lowest BCUT2D eigenvalue weighted by Gasteiger charge is -2.43. The maximum absolute atomic E-state index is 3.18. The predicted octanol–water partition coefficient (Wildman–Crippen LogP) is 7.33. The first-order chi connectivity index (χ1) is 8.83. The maximum Gasteiger partial charge on any atom is -0.0168 e. The highest BCUT2D eigenvalue weighted by molar-refractivity contribution is 7.18. The fourth-order valence-electron chi connectivity index (χ4n) is 5.25. The van der Waals surface area contributed by atoms with E-state index in [-0.39, 0.29) is 0 Å². The second-order valence-electron chi connectivity index (χ2n) is 11.8. The minimum Gasteiger partial charge on any atom is -0.131 e. The first-order valence-corrected chi connectivity index (χ1v) is 9.19. The van der Waals surface area contributed by atoms with Crippen LogP contribution in [-0.2, 0) is 0 Å². The largest absolute Gasteiger partial charge is 0.131 e. The molecule has 0 saturated heterocycles. The normalized spacial score (nSPS) is 15.4. The van der Waals surface area contributed by atoms with Crippen molar-refractivity contribution in [3.05, 3.63) is 0 Å². The molecular weight excluding hydrogens is 271 g/mol. The molecule has 0 aliphatic heterocycles. The highest BCUT2D eigenvalue weighted by atomic mass is 31.0. The first-order valence-electron chi connectivity index (χ1n) is 8.62. The Morgan fingerprint density at radius 3 is 0.905 bits per heavy atom. The average Bonchev–Trinajstić information content (AvgIpc) is 1.83.